The van der Waals surface area contributed by atoms with Gasteiger partial charge in [-0.15, -0.1) is 10.3 Å². The van der Waals surface area contributed by atoms with Crippen molar-refractivity contribution in [3.8, 4) is 0 Å². The molecule has 4 nitrogen and oxygen atoms in total. The Morgan fingerprint density at radius 3 is 2.06 bits per heavy atom. The van der Waals surface area contributed by atoms with Gasteiger partial charge in [0.15, 0.2) is 0 Å². The molecule has 99 valence electrons. The molecule has 0 aromatic carbocycles. The number of rotatable bonds is 2. The van der Waals surface area contributed by atoms with Gasteiger partial charge >= 0.3 is 5.97 Å². The van der Waals surface area contributed by atoms with E-state index in [0.717, 1.165) is 5.06 Å². The molecule has 1 radical (unpaired) electrons. The van der Waals surface area contributed by atoms with Crippen molar-refractivity contribution >= 4 is 73.7 Å². The molecule has 0 amide bonds. The highest BCUT2D eigenvalue weighted by Crippen LogP contribution is 2.43. The number of alkyl halides is 3. The number of esters is 1. The van der Waals surface area contributed by atoms with Crippen molar-refractivity contribution in [2.75, 3.05) is 0 Å². The van der Waals surface area contributed by atoms with Crippen LogP contribution in [-0.4, -0.2) is 27.6 Å². The average molecular weight is 578 g/mol. The average Bonchev–Trinajstić information content (AvgIpc) is 2.26. The topological polar surface area (TPSA) is 49.4 Å². The molecule has 0 aromatic heterocycles. The van der Waals surface area contributed by atoms with Gasteiger partial charge in [0, 0.05) is 12.0 Å². The summed E-state index contributed by atoms with van der Waals surface area (Å²) in [4.78, 5) is 11.9. The van der Waals surface area contributed by atoms with Crippen LogP contribution in [0.25, 0.3) is 0 Å². The molecule has 0 bridgehead atoms. The molecule has 1 atom stereocenters. The SMILES string of the molecule is CC1(C)CC(OC(=O)C(I)(I)I)C(C)(C)N1[O]. The van der Waals surface area contributed by atoms with Gasteiger partial charge in [0.2, 0.25) is -0.565 Å². The summed E-state index contributed by atoms with van der Waals surface area (Å²) in [6.45, 7) is 7.39. The Morgan fingerprint density at radius 1 is 1.29 bits per heavy atom. The lowest BCUT2D eigenvalue weighted by molar-refractivity contribution is -0.252. The van der Waals surface area contributed by atoms with Crippen molar-refractivity contribution in [2.45, 2.75) is 50.7 Å². The third-order valence-electron chi connectivity index (χ3n) is 3.03. The van der Waals surface area contributed by atoms with Crippen molar-refractivity contribution in [3.05, 3.63) is 0 Å². The molecular weight excluding hydrogens is 563 g/mol. The molecule has 1 saturated heterocycles. The summed E-state index contributed by atoms with van der Waals surface area (Å²) in [5.74, 6) is -0.288. The summed E-state index contributed by atoms with van der Waals surface area (Å²) in [7, 11) is 0. The van der Waals surface area contributed by atoms with Gasteiger partial charge in [-0.05, 0) is 95.5 Å². The van der Waals surface area contributed by atoms with Crippen molar-refractivity contribution in [2.24, 2.45) is 0 Å². The number of hydrogen-bond acceptors (Lipinski definition) is 3. The molecule has 1 aliphatic rings. The Kier molecular flexibility index (Phi) is 5.06. The Bertz CT molecular complexity index is 325. The number of nitrogens with zero attached hydrogens (tertiary/aromatic N) is 1. The second-order valence-corrected chi connectivity index (χ2v) is 16.4. The first-order chi connectivity index (χ1) is 7.39. The standard InChI is InChI=1S/C10H15I3NO3/c1-8(2)5-6(9(3,4)14(8)16)17-7(15)10(11,12)13/h6H,5H2,1-4H3. The summed E-state index contributed by atoms with van der Waals surface area (Å²) in [6, 6.07) is 0. The minimum absolute atomic E-state index is 0.288. The van der Waals surface area contributed by atoms with Gasteiger partial charge in [-0.25, -0.2) is 4.79 Å². The fourth-order valence-corrected chi connectivity index (χ4v) is 2.46. The predicted octanol–water partition coefficient (Wildman–Crippen LogP) is 3.47. The van der Waals surface area contributed by atoms with Crippen molar-refractivity contribution in [1.82, 2.24) is 5.06 Å². The fourth-order valence-electron chi connectivity index (χ4n) is 2.08. The van der Waals surface area contributed by atoms with Crippen molar-refractivity contribution < 1.29 is 14.7 Å². The van der Waals surface area contributed by atoms with Gasteiger partial charge < -0.3 is 4.74 Å². The van der Waals surface area contributed by atoms with Crippen LogP contribution >= 0.6 is 67.8 Å². The second-order valence-electron chi connectivity index (χ2n) is 5.36. The second kappa shape index (κ2) is 5.17. The van der Waals surface area contributed by atoms with E-state index in [4.69, 9.17) is 4.74 Å². The highest BCUT2D eigenvalue weighted by atomic mass is 127. The van der Waals surface area contributed by atoms with Crippen molar-refractivity contribution in [1.29, 1.82) is 0 Å². The van der Waals surface area contributed by atoms with Gasteiger partial charge in [0.05, 0.1) is 5.54 Å². The number of carbonyl (C=O) groups excluding carboxylic acids is 1. The van der Waals surface area contributed by atoms with Crippen LogP contribution < -0.4 is 0 Å². The maximum absolute atomic E-state index is 12.1. The minimum atomic E-state index is -0.672. The Balaban J connectivity index is 2.84. The molecule has 1 aliphatic heterocycles. The minimum Gasteiger partial charge on any atom is -0.458 e. The third-order valence-corrected chi connectivity index (χ3v) is 4.35. The highest BCUT2D eigenvalue weighted by molar-refractivity contribution is 14.3. The lowest BCUT2D eigenvalue weighted by Gasteiger charge is -2.33. The number of hydroxylamine groups is 2. The summed E-state index contributed by atoms with van der Waals surface area (Å²) in [5.41, 5.74) is -1.16. The van der Waals surface area contributed by atoms with E-state index in [2.05, 4.69) is 0 Å². The smallest absolute Gasteiger partial charge is 0.342 e. The van der Waals surface area contributed by atoms with E-state index in [1.807, 2.05) is 95.5 Å². The van der Waals surface area contributed by atoms with Crippen LogP contribution in [0.1, 0.15) is 34.1 Å². The molecule has 1 heterocycles. The van der Waals surface area contributed by atoms with E-state index < -0.39 is 10.5 Å². The molecule has 1 rings (SSSR count). The van der Waals surface area contributed by atoms with Crippen LogP contribution in [0.15, 0.2) is 0 Å². The normalized spacial score (nSPS) is 28.1. The van der Waals surface area contributed by atoms with Gasteiger partial charge in [0.1, 0.15) is 6.10 Å². The number of hydrogen-bond donors (Lipinski definition) is 0. The van der Waals surface area contributed by atoms with Crippen LogP contribution in [0.5, 0.6) is 0 Å². The number of ether oxygens (including phenoxy) is 1. The molecule has 1 fully saturated rings. The quantitative estimate of drug-likeness (QED) is 0.287. The summed E-state index contributed by atoms with van der Waals surface area (Å²) >= 11 is 6.07. The first-order valence-corrected chi connectivity index (χ1v) is 8.38. The Morgan fingerprint density at radius 2 is 1.76 bits per heavy atom. The monoisotopic (exact) mass is 578 g/mol. The maximum atomic E-state index is 12.1. The van der Waals surface area contributed by atoms with E-state index in [1.54, 1.807) is 0 Å². The van der Waals surface area contributed by atoms with Gasteiger partial charge in [-0.1, -0.05) is 0 Å². The molecule has 0 saturated carbocycles. The maximum Gasteiger partial charge on any atom is 0.342 e. The molecule has 1 unspecified atom stereocenters. The first-order valence-electron chi connectivity index (χ1n) is 5.14. The van der Waals surface area contributed by atoms with Crippen LogP contribution in [0.3, 0.4) is 0 Å². The largest absolute Gasteiger partial charge is 0.458 e. The van der Waals surface area contributed by atoms with E-state index in [1.165, 1.54) is 0 Å². The molecule has 0 aromatic rings. The highest BCUT2D eigenvalue weighted by Gasteiger charge is 2.55. The molecular formula is C10H15I3NO3. The first kappa shape index (κ1) is 16.6. The van der Waals surface area contributed by atoms with Crippen LogP contribution in [0.4, 0.5) is 0 Å². The van der Waals surface area contributed by atoms with Gasteiger partial charge in [-0.3, -0.25) is 0 Å². The zero-order valence-corrected chi connectivity index (χ0v) is 16.6. The lowest BCUT2D eigenvalue weighted by atomic mass is 9.97. The van der Waals surface area contributed by atoms with Crippen LogP contribution in [0, 0.1) is 0 Å². The zero-order valence-electron chi connectivity index (χ0n) is 10.1. The zero-order chi connectivity index (χ0) is 13.6. The van der Waals surface area contributed by atoms with Gasteiger partial charge in [-0.2, -0.15) is 0 Å². The van der Waals surface area contributed by atoms with E-state index in [0.29, 0.717) is 6.42 Å². The van der Waals surface area contributed by atoms with E-state index >= 15 is 0 Å². The Labute approximate surface area is 143 Å². The van der Waals surface area contributed by atoms with Crippen LogP contribution in [-0.2, 0) is 14.7 Å². The molecule has 0 N–H and O–H groups in total. The third kappa shape index (κ3) is 3.57. The number of halogens is 3. The Hall–Kier alpha value is 1.58. The molecule has 7 heteroatoms. The van der Waals surface area contributed by atoms with E-state index in [-0.39, 0.29) is 12.1 Å². The summed E-state index contributed by atoms with van der Waals surface area (Å²) in [6.07, 6.45) is 0.205. The lowest BCUT2D eigenvalue weighted by Crippen LogP contribution is -2.48. The van der Waals surface area contributed by atoms with Crippen LogP contribution in [0.2, 0.25) is 0 Å². The molecule has 0 aliphatic carbocycles. The molecule has 0 spiro atoms. The summed E-state index contributed by atoms with van der Waals surface area (Å²) in [5, 5.41) is 13.2. The number of carbonyl (C=O) groups is 1. The van der Waals surface area contributed by atoms with Crippen molar-refractivity contribution in [3.63, 3.8) is 0 Å². The molecule has 17 heavy (non-hydrogen) atoms. The summed E-state index contributed by atoms with van der Waals surface area (Å²) < 4.78 is 4.87. The predicted molar refractivity (Wildman–Crippen MR) is 90.0 cm³/mol. The fraction of sp³-hybridized carbons (Fsp3) is 0.900. The van der Waals surface area contributed by atoms with Gasteiger partial charge in [0.25, 0.3) is 0 Å². The van der Waals surface area contributed by atoms with E-state index in [9.17, 15) is 10.0 Å².